The number of nitrogens with one attached hydrogen (secondary N) is 2. The predicted octanol–water partition coefficient (Wildman–Crippen LogP) is 2.91. The molecule has 0 unspecified atom stereocenters. The van der Waals surface area contributed by atoms with Crippen LogP contribution in [-0.4, -0.2) is 38.0 Å². The third-order valence-electron chi connectivity index (χ3n) is 5.90. The van der Waals surface area contributed by atoms with Crippen LogP contribution in [0.2, 0.25) is 0 Å². The Hall–Kier alpha value is -2.61. The summed E-state index contributed by atoms with van der Waals surface area (Å²) in [6, 6.07) is 3.80. The largest absolute Gasteiger partial charge is 0.384 e. The molecule has 2 heterocycles. The van der Waals surface area contributed by atoms with E-state index in [0.29, 0.717) is 30.0 Å². The van der Waals surface area contributed by atoms with Crippen molar-refractivity contribution in [2.75, 3.05) is 5.32 Å². The number of rotatable bonds is 5. The van der Waals surface area contributed by atoms with Crippen molar-refractivity contribution < 1.29 is 14.3 Å². The Kier molecular flexibility index (Phi) is 5.45. The van der Waals surface area contributed by atoms with Crippen LogP contribution < -0.4 is 10.6 Å². The minimum absolute atomic E-state index is 0.00352. The number of amides is 1. The monoisotopic (exact) mass is 399 g/mol. The lowest BCUT2D eigenvalue weighted by molar-refractivity contribution is -0.119. The van der Waals surface area contributed by atoms with Crippen molar-refractivity contribution in [1.82, 2.24) is 20.3 Å². The van der Waals surface area contributed by atoms with E-state index in [2.05, 4.69) is 25.6 Å². The fourth-order valence-corrected chi connectivity index (χ4v) is 4.09. The smallest absolute Gasteiger partial charge is 0.223 e. The Labute approximate surface area is 169 Å². The van der Waals surface area contributed by atoms with Crippen molar-refractivity contribution in [3.05, 3.63) is 36.0 Å². The van der Waals surface area contributed by atoms with Gasteiger partial charge in [-0.15, -0.1) is 0 Å². The molecule has 4 rings (SSSR count). The van der Waals surface area contributed by atoms with Gasteiger partial charge in [0.25, 0.3) is 0 Å². The van der Waals surface area contributed by atoms with E-state index in [1.165, 1.54) is 13.1 Å². The molecule has 8 heteroatoms. The van der Waals surface area contributed by atoms with E-state index in [4.69, 9.17) is 0 Å². The van der Waals surface area contributed by atoms with Crippen LogP contribution in [0.15, 0.2) is 24.5 Å². The summed E-state index contributed by atoms with van der Waals surface area (Å²) in [7, 11) is 0. The second-order valence-corrected chi connectivity index (χ2v) is 8.10. The van der Waals surface area contributed by atoms with E-state index in [1.54, 1.807) is 18.3 Å². The van der Waals surface area contributed by atoms with E-state index < -0.39 is 11.4 Å². The van der Waals surface area contributed by atoms with Crippen molar-refractivity contribution in [1.29, 1.82) is 0 Å². The van der Waals surface area contributed by atoms with E-state index >= 15 is 0 Å². The number of nitrogens with zero attached hydrogens (tertiary/aromatic N) is 3. The van der Waals surface area contributed by atoms with Crippen molar-refractivity contribution in [3.8, 4) is 11.3 Å². The van der Waals surface area contributed by atoms with Crippen molar-refractivity contribution in [2.45, 2.75) is 69.6 Å². The van der Waals surface area contributed by atoms with Crippen LogP contribution in [0.1, 0.15) is 57.6 Å². The number of aromatic nitrogens is 3. The summed E-state index contributed by atoms with van der Waals surface area (Å²) in [5, 5.41) is 16.8. The minimum atomic E-state index is -0.910. The molecule has 0 atom stereocenters. The molecule has 29 heavy (non-hydrogen) atoms. The standard InChI is InChI=1S/C21H26FN5O2/c1-13(28)25-15-3-5-16(6-4-15)26-20-24-12-17(22)19(27-20)14-7-10-23-18(11-14)21(29)8-2-9-21/h7,10-12,15-16,29H,2-6,8-9H2,1H3,(H,25,28)(H,24,26,27)/t15-,16-. The summed E-state index contributed by atoms with van der Waals surface area (Å²) in [5.74, 6) is -0.135. The molecule has 2 aliphatic rings. The number of hydrogen-bond donors (Lipinski definition) is 3. The van der Waals surface area contributed by atoms with Gasteiger partial charge in [-0.2, -0.15) is 0 Å². The Balaban J connectivity index is 1.47. The summed E-state index contributed by atoms with van der Waals surface area (Å²) in [6.07, 6.45) is 8.59. The number of aliphatic hydroxyl groups is 1. The summed E-state index contributed by atoms with van der Waals surface area (Å²) < 4.78 is 14.5. The minimum Gasteiger partial charge on any atom is -0.384 e. The van der Waals surface area contributed by atoms with Gasteiger partial charge in [0.15, 0.2) is 5.82 Å². The first kappa shape index (κ1) is 19.7. The van der Waals surface area contributed by atoms with Gasteiger partial charge in [-0.05, 0) is 57.1 Å². The molecule has 2 aliphatic carbocycles. The summed E-state index contributed by atoms with van der Waals surface area (Å²) in [5.41, 5.74) is 0.423. The van der Waals surface area contributed by atoms with E-state index in [9.17, 15) is 14.3 Å². The molecule has 0 radical (unpaired) electrons. The maximum atomic E-state index is 14.5. The van der Waals surface area contributed by atoms with Crippen LogP contribution in [-0.2, 0) is 10.4 Å². The van der Waals surface area contributed by atoms with Gasteiger partial charge in [-0.1, -0.05) is 0 Å². The molecule has 2 aromatic heterocycles. The van der Waals surface area contributed by atoms with Crippen LogP contribution >= 0.6 is 0 Å². The van der Waals surface area contributed by atoms with Crippen LogP contribution in [0.4, 0.5) is 10.3 Å². The molecular formula is C21H26FN5O2. The van der Waals surface area contributed by atoms with Crippen LogP contribution in [0.25, 0.3) is 11.3 Å². The van der Waals surface area contributed by atoms with Crippen molar-refractivity contribution in [2.24, 2.45) is 0 Å². The number of carbonyl (C=O) groups is 1. The SMILES string of the molecule is CC(=O)N[C@H]1CC[C@H](Nc2ncc(F)c(-c3ccnc(C4(O)CCC4)c3)n2)CC1. The highest BCUT2D eigenvalue weighted by Crippen LogP contribution is 2.40. The van der Waals surface area contributed by atoms with Crippen LogP contribution in [0.5, 0.6) is 0 Å². The number of anilines is 1. The lowest BCUT2D eigenvalue weighted by Crippen LogP contribution is -2.39. The zero-order valence-electron chi connectivity index (χ0n) is 16.5. The van der Waals surface area contributed by atoms with Gasteiger partial charge in [0.1, 0.15) is 11.3 Å². The fraction of sp³-hybridized carbons (Fsp3) is 0.524. The molecule has 2 aromatic rings. The average Bonchev–Trinajstić information content (AvgIpc) is 2.69. The van der Waals surface area contributed by atoms with Crippen molar-refractivity contribution >= 4 is 11.9 Å². The molecular weight excluding hydrogens is 373 g/mol. The highest BCUT2D eigenvalue weighted by Gasteiger charge is 2.37. The zero-order chi connectivity index (χ0) is 20.4. The average molecular weight is 399 g/mol. The molecule has 0 saturated heterocycles. The maximum absolute atomic E-state index is 14.5. The Morgan fingerprint density at radius 2 is 1.93 bits per heavy atom. The summed E-state index contributed by atoms with van der Waals surface area (Å²) in [4.78, 5) is 24.0. The molecule has 2 saturated carbocycles. The lowest BCUT2D eigenvalue weighted by atomic mass is 9.77. The molecule has 154 valence electrons. The van der Waals surface area contributed by atoms with E-state index in [0.717, 1.165) is 32.1 Å². The fourth-order valence-electron chi connectivity index (χ4n) is 4.09. The third kappa shape index (κ3) is 4.37. The maximum Gasteiger partial charge on any atom is 0.223 e. The summed E-state index contributed by atoms with van der Waals surface area (Å²) >= 11 is 0. The van der Waals surface area contributed by atoms with Crippen molar-refractivity contribution in [3.63, 3.8) is 0 Å². The Morgan fingerprint density at radius 1 is 1.21 bits per heavy atom. The highest BCUT2D eigenvalue weighted by atomic mass is 19.1. The molecule has 7 nitrogen and oxygen atoms in total. The predicted molar refractivity (Wildman–Crippen MR) is 106 cm³/mol. The number of carbonyl (C=O) groups excluding carboxylic acids is 1. The molecule has 0 spiro atoms. The van der Waals surface area contributed by atoms with Crippen LogP contribution in [0.3, 0.4) is 0 Å². The van der Waals surface area contributed by atoms with E-state index in [-0.39, 0.29) is 23.7 Å². The molecule has 2 fully saturated rings. The first-order valence-electron chi connectivity index (χ1n) is 10.2. The molecule has 0 bridgehead atoms. The van der Waals surface area contributed by atoms with Gasteiger partial charge in [-0.3, -0.25) is 9.78 Å². The zero-order valence-corrected chi connectivity index (χ0v) is 16.5. The first-order chi connectivity index (χ1) is 13.9. The number of pyridine rings is 1. The second kappa shape index (κ2) is 8.02. The molecule has 1 amide bonds. The van der Waals surface area contributed by atoms with Gasteiger partial charge in [0, 0.05) is 30.8 Å². The molecule has 0 aromatic carbocycles. The molecule has 3 N–H and O–H groups in total. The van der Waals surface area contributed by atoms with E-state index in [1.807, 2.05) is 0 Å². The Bertz CT molecular complexity index is 894. The lowest BCUT2D eigenvalue weighted by Gasteiger charge is -2.36. The summed E-state index contributed by atoms with van der Waals surface area (Å²) in [6.45, 7) is 1.53. The quantitative estimate of drug-likeness (QED) is 0.715. The number of hydrogen-bond acceptors (Lipinski definition) is 6. The number of halogens is 1. The Morgan fingerprint density at radius 3 is 2.59 bits per heavy atom. The normalized spacial score (nSPS) is 23.1. The van der Waals surface area contributed by atoms with Crippen LogP contribution in [0, 0.1) is 5.82 Å². The first-order valence-corrected chi connectivity index (χ1v) is 10.2. The van der Waals surface area contributed by atoms with Gasteiger partial charge in [0.2, 0.25) is 11.9 Å². The van der Waals surface area contributed by atoms with Gasteiger partial charge < -0.3 is 15.7 Å². The van der Waals surface area contributed by atoms with Gasteiger partial charge in [-0.25, -0.2) is 14.4 Å². The molecule has 0 aliphatic heterocycles. The highest BCUT2D eigenvalue weighted by molar-refractivity contribution is 5.73. The third-order valence-corrected chi connectivity index (χ3v) is 5.90. The van der Waals surface area contributed by atoms with Gasteiger partial charge in [0.05, 0.1) is 11.9 Å². The second-order valence-electron chi connectivity index (χ2n) is 8.10. The topological polar surface area (TPSA) is 100 Å². The van der Waals surface area contributed by atoms with Gasteiger partial charge >= 0.3 is 0 Å².